The number of anilines is 1. The SMILES string of the molecule is CC[C@]1(O)C[C@H]2CN(CCc3c([nH]c4ccccc34)[C@@](C(=O)OC)(c3cc4c(cc3OC)N(C)[C@H]3[C@@](O)(C(=O)OC)[C@H](OC(C)=O)[C@]5(CC)C=CCN6CC[C@]43C65)C2)C1.O=S(=O)(O)O. The van der Waals surface area contributed by atoms with Gasteiger partial charge in [0, 0.05) is 90.9 Å². The van der Waals surface area contributed by atoms with Crippen molar-refractivity contribution in [1.82, 2.24) is 14.8 Å². The lowest BCUT2D eigenvalue weighted by Crippen LogP contribution is -2.81. The molecule has 5 N–H and O–H groups in total. The number of nitrogens with one attached hydrogen (secondary N) is 1. The Morgan fingerprint density at radius 3 is 2.28 bits per heavy atom. The molecule has 2 saturated heterocycles. The van der Waals surface area contributed by atoms with Crippen molar-refractivity contribution in [2.24, 2.45) is 11.3 Å². The fraction of sp³-hybridized carbons (Fsp3) is 0.587. The zero-order valence-corrected chi connectivity index (χ0v) is 38.2. The van der Waals surface area contributed by atoms with Crippen LogP contribution in [0.4, 0.5) is 5.69 Å². The maximum atomic E-state index is 15.3. The molecule has 2 bridgehead atoms. The molecule has 1 aromatic heterocycles. The Balaban J connectivity index is 0.00000106. The van der Waals surface area contributed by atoms with Crippen LogP contribution in [0.15, 0.2) is 48.6 Å². The summed E-state index contributed by atoms with van der Waals surface area (Å²) in [6.07, 6.45) is 5.94. The van der Waals surface area contributed by atoms with E-state index >= 15 is 4.79 Å². The maximum absolute atomic E-state index is 15.3. The van der Waals surface area contributed by atoms with Crippen molar-refractivity contribution >= 4 is 44.9 Å². The monoisotopic (exact) mass is 908 g/mol. The molecule has 6 heterocycles. The highest BCUT2D eigenvalue weighted by Gasteiger charge is 2.80. The molecule has 2 unspecified atom stereocenters. The Kier molecular flexibility index (Phi) is 11.6. The zero-order chi connectivity index (χ0) is 46.4. The van der Waals surface area contributed by atoms with Crippen LogP contribution in [0.3, 0.4) is 0 Å². The molecule has 9 rings (SSSR count). The van der Waals surface area contributed by atoms with Gasteiger partial charge in [0.15, 0.2) is 6.10 Å². The number of H-pyrrole nitrogens is 1. The number of esters is 3. The zero-order valence-electron chi connectivity index (χ0n) is 37.4. The first-order chi connectivity index (χ1) is 30.2. The van der Waals surface area contributed by atoms with E-state index in [2.05, 4.69) is 39.1 Å². The maximum Gasteiger partial charge on any atom is 0.394 e. The van der Waals surface area contributed by atoms with Crippen LogP contribution in [0.25, 0.3) is 10.9 Å². The summed E-state index contributed by atoms with van der Waals surface area (Å²) in [6, 6.07) is 11.0. The number of fused-ring (bicyclic) bond motifs is 6. The summed E-state index contributed by atoms with van der Waals surface area (Å²) in [5.74, 6) is -1.56. The second-order valence-electron chi connectivity index (χ2n) is 18.7. The molecule has 5 aliphatic heterocycles. The molecule has 6 aliphatic rings. The van der Waals surface area contributed by atoms with Gasteiger partial charge in [-0.05, 0) is 74.2 Å². The second kappa shape index (κ2) is 16.1. The molecule has 10 atom stereocenters. The quantitative estimate of drug-likeness (QED) is 0.0992. The number of benzene rings is 2. The van der Waals surface area contributed by atoms with Crippen molar-refractivity contribution in [3.8, 4) is 5.75 Å². The molecule has 348 valence electrons. The van der Waals surface area contributed by atoms with E-state index in [1.807, 2.05) is 50.1 Å². The first-order valence-electron chi connectivity index (χ1n) is 21.9. The number of aliphatic hydroxyl groups is 2. The molecule has 1 saturated carbocycles. The van der Waals surface area contributed by atoms with Crippen LogP contribution < -0.4 is 9.64 Å². The third kappa shape index (κ3) is 6.69. The summed E-state index contributed by atoms with van der Waals surface area (Å²) in [7, 11) is 1.49. The molecule has 3 aromatic rings. The highest BCUT2D eigenvalue weighted by atomic mass is 32.3. The second-order valence-corrected chi connectivity index (χ2v) is 19.5. The number of rotatable bonds is 7. The minimum Gasteiger partial charge on any atom is -0.496 e. The van der Waals surface area contributed by atoms with Gasteiger partial charge in [-0.15, -0.1) is 0 Å². The predicted octanol–water partition coefficient (Wildman–Crippen LogP) is 3.34. The van der Waals surface area contributed by atoms with Crippen molar-refractivity contribution in [2.45, 2.75) is 99.5 Å². The normalized spacial score (nSPS) is 35.0. The fourth-order valence-corrected chi connectivity index (χ4v) is 13.5. The molecule has 1 spiro atoms. The van der Waals surface area contributed by atoms with Gasteiger partial charge in [-0.2, -0.15) is 8.42 Å². The number of para-hydroxylation sites is 1. The molecule has 17 nitrogen and oxygen atoms in total. The number of ether oxygens (including phenoxy) is 4. The summed E-state index contributed by atoms with van der Waals surface area (Å²) in [6.45, 7) is 8.62. The number of hydrogen-bond acceptors (Lipinski definition) is 14. The van der Waals surface area contributed by atoms with Crippen LogP contribution in [0.2, 0.25) is 0 Å². The van der Waals surface area contributed by atoms with Crippen molar-refractivity contribution in [1.29, 1.82) is 0 Å². The number of carbonyl (C=O) groups is 3. The Bertz CT molecular complexity index is 2500. The van der Waals surface area contributed by atoms with E-state index in [9.17, 15) is 19.8 Å². The summed E-state index contributed by atoms with van der Waals surface area (Å²) in [5, 5.41) is 26.3. The molecule has 0 amide bonds. The highest BCUT2D eigenvalue weighted by molar-refractivity contribution is 7.79. The van der Waals surface area contributed by atoms with Crippen LogP contribution >= 0.6 is 0 Å². The number of nitrogens with zero attached hydrogens (tertiary/aromatic N) is 3. The van der Waals surface area contributed by atoms with Crippen LogP contribution in [-0.2, 0) is 56.2 Å². The van der Waals surface area contributed by atoms with Gasteiger partial charge in [-0.1, -0.05) is 44.2 Å². The Labute approximate surface area is 373 Å². The van der Waals surface area contributed by atoms with Gasteiger partial charge in [0.1, 0.15) is 11.2 Å². The van der Waals surface area contributed by atoms with Gasteiger partial charge in [-0.3, -0.25) is 28.5 Å². The number of aromatic nitrogens is 1. The number of aromatic amines is 1. The largest absolute Gasteiger partial charge is 0.496 e. The lowest BCUT2D eigenvalue weighted by atomic mass is 9.47. The van der Waals surface area contributed by atoms with Crippen molar-refractivity contribution in [3.63, 3.8) is 0 Å². The molecule has 0 radical (unpaired) electrons. The standard InChI is InChI=1S/C46H58N4O9.H2O4S/c1-8-42(54)23-28-24-45(40(52)57-6,36-30(15-19-49(25-28)26-42)29-13-10-11-14-33(29)47-36)32-21-31-34(22-35(32)56-5)48(4)38-44(31)17-20-50-18-12-16-43(9-2,37(44)50)39(59-27(3)51)46(38,55)41(53)58-7;1-5(2,3)4/h10-14,16,21-22,28,37-39,47,54-55H,8-9,15,17-20,23-26H2,1-7H3;(H2,1,2,3,4)/t28-,37?,38-,39-,42+,43-,44-,45+,46+;/m1./s1. The van der Waals surface area contributed by atoms with Crippen LogP contribution in [0.1, 0.15) is 75.3 Å². The number of piperidine rings is 1. The van der Waals surface area contributed by atoms with Gasteiger partial charge in [-0.25, -0.2) is 4.79 Å². The number of likely N-dealkylation sites (N-methyl/N-ethyl adjacent to an activating group) is 1. The fourth-order valence-electron chi connectivity index (χ4n) is 13.5. The predicted molar refractivity (Wildman–Crippen MR) is 235 cm³/mol. The first-order valence-corrected chi connectivity index (χ1v) is 23.3. The van der Waals surface area contributed by atoms with Gasteiger partial charge >= 0.3 is 28.3 Å². The molecule has 64 heavy (non-hydrogen) atoms. The summed E-state index contributed by atoms with van der Waals surface area (Å²) in [5.41, 5.74) is -1.62. The van der Waals surface area contributed by atoms with E-state index in [1.165, 1.54) is 21.1 Å². The Morgan fingerprint density at radius 2 is 1.64 bits per heavy atom. The summed E-state index contributed by atoms with van der Waals surface area (Å²) >= 11 is 0. The van der Waals surface area contributed by atoms with E-state index in [-0.39, 0.29) is 12.0 Å². The summed E-state index contributed by atoms with van der Waals surface area (Å²) in [4.78, 5) is 53.2. The molecule has 1 aliphatic carbocycles. The van der Waals surface area contributed by atoms with Gasteiger partial charge in [0.25, 0.3) is 0 Å². The minimum atomic E-state index is -4.67. The third-order valence-corrected chi connectivity index (χ3v) is 15.6. The van der Waals surface area contributed by atoms with E-state index in [0.717, 1.165) is 33.4 Å². The Hall–Kier alpha value is -4.56. The average molecular weight is 909 g/mol. The van der Waals surface area contributed by atoms with Crippen LogP contribution in [0, 0.1) is 11.3 Å². The van der Waals surface area contributed by atoms with E-state index < -0.39 is 67.9 Å². The highest BCUT2D eigenvalue weighted by Crippen LogP contribution is 2.68. The lowest BCUT2D eigenvalue weighted by Gasteiger charge is -2.63. The summed E-state index contributed by atoms with van der Waals surface area (Å²) < 4.78 is 55.5. The molecule has 2 aromatic carbocycles. The number of carbonyl (C=O) groups excluding carboxylic acids is 3. The number of hydrogen-bond donors (Lipinski definition) is 5. The third-order valence-electron chi connectivity index (χ3n) is 15.6. The topological polar surface area (TPSA) is 229 Å². The Morgan fingerprint density at radius 1 is 0.938 bits per heavy atom. The molecule has 18 heteroatoms. The van der Waals surface area contributed by atoms with E-state index in [1.54, 1.807) is 7.11 Å². The van der Waals surface area contributed by atoms with E-state index in [4.69, 9.17) is 36.5 Å². The van der Waals surface area contributed by atoms with Crippen LogP contribution in [0.5, 0.6) is 5.75 Å². The molecular weight excluding hydrogens is 849 g/mol. The first kappa shape index (κ1) is 46.0. The van der Waals surface area contributed by atoms with Crippen molar-refractivity contribution < 1.29 is 61.1 Å². The number of methoxy groups -OCH3 is 3. The van der Waals surface area contributed by atoms with Crippen molar-refractivity contribution in [2.75, 3.05) is 66.0 Å². The van der Waals surface area contributed by atoms with Crippen LogP contribution in [-0.4, -0.2) is 151 Å². The molecule has 3 fully saturated rings. The van der Waals surface area contributed by atoms with Gasteiger partial charge in [0.05, 0.1) is 33.0 Å². The lowest BCUT2D eigenvalue weighted by molar-refractivity contribution is -0.228. The van der Waals surface area contributed by atoms with Gasteiger partial charge < -0.3 is 39.0 Å². The van der Waals surface area contributed by atoms with Gasteiger partial charge in [0.2, 0.25) is 5.60 Å². The average Bonchev–Trinajstić information content (AvgIpc) is 3.92. The smallest absolute Gasteiger partial charge is 0.394 e. The van der Waals surface area contributed by atoms with E-state index in [0.29, 0.717) is 82.6 Å². The van der Waals surface area contributed by atoms with Crippen molar-refractivity contribution in [3.05, 3.63) is 70.9 Å². The molecular formula is C46H60N4O13S. The minimum absolute atomic E-state index is 0.0986.